The van der Waals surface area contributed by atoms with Crippen LogP contribution in [-0.4, -0.2) is 37.0 Å². The molecule has 0 aliphatic heterocycles. The van der Waals surface area contributed by atoms with Crippen molar-refractivity contribution >= 4 is 22.0 Å². The molecule has 10 heteroatoms. The molecule has 0 aromatic heterocycles. The van der Waals surface area contributed by atoms with Gasteiger partial charge in [-0.1, -0.05) is 17.7 Å². The number of rotatable bonds is 7. The molecule has 22 heavy (non-hydrogen) atoms. The van der Waals surface area contributed by atoms with Crippen molar-refractivity contribution in [3.8, 4) is 0 Å². The van der Waals surface area contributed by atoms with Gasteiger partial charge < -0.3 is 20.5 Å². The molecule has 0 spiro atoms. The van der Waals surface area contributed by atoms with Crippen LogP contribution in [0.25, 0.3) is 0 Å². The van der Waals surface area contributed by atoms with Gasteiger partial charge >= 0.3 is 35.5 Å². The zero-order valence-electron chi connectivity index (χ0n) is 12.2. The molecule has 0 saturated carbocycles. The number of hydrogen-bond acceptors (Lipinski definition) is 5. The number of aliphatic carboxylic acids is 2. The van der Waals surface area contributed by atoms with Crippen LogP contribution in [0.1, 0.15) is 18.4 Å². The summed E-state index contributed by atoms with van der Waals surface area (Å²) in [7, 11) is -4.03. The zero-order valence-corrected chi connectivity index (χ0v) is 15.0. The first-order valence-electron chi connectivity index (χ1n) is 5.74. The number of carboxylic acids is 2. The van der Waals surface area contributed by atoms with Crippen LogP contribution in [0.15, 0.2) is 29.2 Å². The van der Waals surface area contributed by atoms with Crippen LogP contribution in [0.4, 0.5) is 0 Å². The molecular formula is C12H16NNaO7S. The first kappa shape index (κ1) is 23.3. The summed E-state index contributed by atoms with van der Waals surface area (Å²) in [6, 6.07) is 4.22. The van der Waals surface area contributed by atoms with Crippen LogP contribution in [0.3, 0.4) is 0 Å². The smallest absolute Gasteiger partial charge is 0.548 e. The van der Waals surface area contributed by atoms with Crippen molar-refractivity contribution < 1.29 is 63.3 Å². The molecule has 1 aromatic carbocycles. The second-order valence-electron chi connectivity index (χ2n) is 4.24. The van der Waals surface area contributed by atoms with E-state index in [2.05, 4.69) is 0 Å². The van der Waals surface area contributed by atoms with Crippen LogP contribution in [0.5, 0.6) is 0 Å². The van der Waals surface area contributed by atoms with Crippen LogP contribution < -0.4 is 39.4 Å². The largest absolute Gasteiger partial charge is 1.00 e. The normalized spacial score (nSPS) is 11.7. The minimum atomic E-state index is -4.03. The fourth-order valence-electron chi connectivity index (χ4n) is 1.47. The van der Waals surface area contributed by atoms with Crippen molar-refractivity contribution in [2.24, 2.45) is 0 Å². The molecule has 0 unspecified atom stereocenters. The summed E-state index contributed by atoms with van der Waals surface area (Å²) in [5.41, 5.74) is 0.853. The van der Waals surface area contributed by atoms with Crippen molar-refractivity contribution in [2.45, 2.75) is 30.7 Å². The van der Waals surface area contributed by atoms with E-state index in [0.29, 0.717) is 0 Å². The van der Waals surface area contributed by atoms with E-state index in [-0.39, 0.29) is 46.3 Å². The maximum atomic E-state index is 12.0. The molecule has 8 nitrogen and oxygen atoms in total. The molecule has 0 amide bonds. The topological polar surface area (TPSA) is 155 Å². The van der Waals surface area contributed by atoms with Gasteiger partial charge in [0.15, 0.2) is 0 Å². The fourth-order valence-corrected chi connectivity index (χ4v) is 2.68. The van der Waals surface area contributed by atoms with Gasteiger partial charge in [-0.3, -0.25) is 4.79 Å². The molecule has 4 N–H and O–H groups in total. The Labute approximate surface area is 150 Å². The van der Waals surface area contributed by atoms with Gasteiger partial charge in [0, 0.05) is 6.42 Å². The monoisotopic (exact) mass is 341 g/mol. The third-order valence-electron chi connectivity index (χ3n) is 2.56. The van der Waals surface area contributed by atoms with Gasteiger partial charge in [-0.15, -0.1) is 0 Å². The minimum Gasteiger partial charge on any atom is -0.548 e. The first-order chi connectivity index (χ1) is 9.22. The summed E-state index contributed by atoms with van der Waals surface area (Å²) >= 11 is 0. The molecule has 1 atom stereocenters. The van der Waals surface area contributed by atoms with Crippen molar-refractivity contribution in [2.75, 3.05) is 0 Å². The molecule has 0 bridgehead atoms. The summed E-state index contributed by atoms with van der Waals surface area (Å²) in [6.07, 6.45) is -0.863. The van der Waals surface area contributed by atoms with Crippen LogP contribution in [0.2, 0.25) is 0 Å². The Hall–Kier alpha value is -0.970. The van der Waals surface area contributed by atoms with Gasteiger partial charge in [-0.25, -0.2) is 13.1 Å². The molecule has 1 rings (SSSR count). The van der Waals surface area contributed by atoms with Gasteiger partial charge in [0.2, 0.25) is 10.0 Å². The van der Waals surface area contributed by atoms with Crippen molar-refractivity contribution in [3.05, 3.63) is 29.8 Å². The van der Waals surface area contributed by atoms with E-state index in [9.17, 15) is 23.1 Å². The van der Waals surface area contributed by atoms with E-state index in [1.54, 1.807) is 19.1 Å². The standard InChI is InChI=1S/C12H15NO6S.Na.H2O/c1-8-2-4-9(5-3-8)20(18,19)13-10(12(16)17)6-7-11(14)15;;/h2-5,10,13H,6-7H2,1H3,(H,14,15)(H,16,17);;1H2/q;+1;/p-1/t10-;;/m0../s1. The molecule has 0 aliphatic rings. The summed E-state index contributed by atoms with van der Waals surface area (Å²) in [5.74, 6) is -2.88. The van der Waals surface area contributed by atoms with Gasteiger partial charge in [0.1, 0.15) is 0 Å². The van der Waals surface area contributed by atoms with Gasteiger partial charge in [0.05, 0.1) is 16.9 Å². The van der Waals surface area contributed by atoms with Gasteiger partial charge in [-0.2, -0.15) is 0 Å². The molecule has 1 aromatic rings. The number of aryl methyl sites for hydroxylation is 1. The average molecular weight is 341 g/mol. The number of sulfonamides is 1. The molecule has 0 saturated heterocycles. The molecule has 118 valence electrons. The van der Waals surface area contributed by atoms with Crippen LogP contribution in [-0.2, 0) is 19.6 Å². The maximum Gasteiger partial charge on any atom is 1.00 e. The minimum absolute atomic E-state index is 0. The van der Waals surface area contributed by atoms with Crippen molar-refractivity contribution in [3.63, 3.8) is 0 Å². The van der Waals surface area contributed by atoms with E-state index >= 15 is 0 Å². The number of benzene rings is 1. The molecule has 0 radical (unpaired) electrons. The van der Waals surface area contributed by atoms with Crippen LogP contribution >= 0.6 is 0 Å². The number of hydrogen-bond donors (Lipinski definition) is 2. The Morgan fingerprint density at radius 1 is 1.27 bits per heavy atom. The molecular weight excluding hydrogens is 325 g/mol. The van der Waals surface area contributed by atoms with E-state index in [1.165, 1.54) is 12.1 Å². The number of carbonyl (C=O) groups is 2. The van der Waals surface area contributed by atoms with Crippen molar-refractivity contribution in [1.82, 2.24) is 4.72 Å². The summed E-state index contributed by atoms with van der Waals surface area (Å²) in [6.45, 7) is 1.78. The van der Waals surface area contributed by atoms with E-state index < -0.39 is 34.4 Å². The molecule has 0 heterocycles. The Bertz CT molecular complexity index is 600. The quantitative estimate of drug-likeness (QED) is 0.476. The Morgan fingerprint density at radius 3 is 2.18 bits per heavy atom. The third kappa shape index (κ3) is 7.34. The summed E-state index contributed by atoms with van der Waals surface area (Å²) < 4.78 is 25.8. The molecule has 0 fully saturated rings. The fraction of sp³-hybridized carbons (Fsp3) is 0.333. The third-order valence-corrected chi connectivity index (χ3v) is 4.05. The second kappa shape index (κ2) is 9.93. The Morgan fingerprint density at radius 2 is 1.77 bits per heavy atom. The number of nitrogens with one attached hydrogen (secondary N) is 1. The Kier molecular flexibility index (Phi) is 10.5. The predicted octanol–water partition coefficient (Wildman–Crippen LogP) is -4.56. The van der Waals surface area contributed by atoms with Gasteiger partial charge in [-0.05, 0) is 25.5 Å². The molecule has 0 aliphatic carbocycles. The number of carboxylic acid groups (broad SMARTS) is 2. The predicted molar refractivity (Wildman–Crippen MR) is 70.8 cm³/mol. The number of carbonyl (C=O) groups excluding carboxylic acids is 1. The first-order valence-corrected chi connectivity index (χ1v) is 7.22. The van der Waals surface area contributed by atoms with E-state index in [0.717, 1.165) is 5.56 Å². The van der Waals surface area contributed by atoms with Crippen molar-refractivity contribution in [1.29, 1.82) is 0 Å². The average Bonchev–Trinajstić information content (AvgIpc) is 2.34. The van der Waals surface area contributed by atoms with Gasteiger partial charge in [0.25, 0.3) is 0 Å². The zero-order chi connectivity index (χ0) is 15.3. The van der Waals surface area contributed by atoms with E-state index in [4.69, 9.17) is 5.11 Å². The summed E-state index contributed by atoms with van der Waals surface area (Å²) in [5, 5.41) is 19.3. The summed E-state index contributed by atoms with van der Waals surface area (Å²) in [4.78, 5) is 21.2. The van der Waals surface area contributed by atoms with E-state index in [1.807, 2.05) is 4.72 Å². The Balaban J connectivity index is 0. The maximum absolute atomic E-state index is 12.0. The SMILES string of the molecule is Cc1ccc(S(=O)(=O)N[C@@H](CCC(=O)O)C(=O)[O-])cc1.O.[Na+]. The van der Waals surface area contributed by atoms with Crippen LogP contribution in [0, 0.1) is 6.92 Å². The second-order valence-corrected chi connectivity index (χ2v) is 5.95.